The van der Waals surface area contributed by atoms with Gasteiger partial charge < -0.3 is 28.7 Å². The van der Waals surface area contributed by atoms with Crippen LogP contribution in [0.25, 0.3) is 11.1 Å². The second kappa shape index (κ2) is 10.4. The Morgan fingerprint density at radius 2 is 2.03 bits per heavy atom. The number of fused-ring (bicyclic) bond motifs is 3. The number of halogens is 1. The number of hydrogen-bond donors (Lipinski definition) is 1. The van der Waals surface area contributed by atoms with Crippen LogP contribution in [0.1, 0.15) is 67.4 Å². The SMILES string of the molecule is COc1cccc([C@H]2O[C@H](CC(=O)N3CC[C@@H](O)C3)c3noc(C(C)C)c3-c3ccc(Cl)cc32)c1OC. The first kappa shape index (κ1) is 25.6. The lowest BCUT2D eigenvalue weighted by molar-refractivity contribution is -0.134. The number of nitrogens with zero attached hydrogens (tertiary/aromatic N) is 2. The van der Waals surface area contributed by atoms with Crippen LogP contribution in [0.15, 0.2) is 40.9 Å². The summed E-state index contributed by atoms with van der Waals surface area (Å²) in [5, 5.41) is 15.0. The number of likely N-dealkylation sites (tertiary alicyclic amines) is 1. The molecule has 5 rings (SSSR count). The standard InChI is InChI=1S/C28H31ClN2O6/c1-15(2)26-24-18-9-8-16(29)12-20(18)27(19-6-5-7-21(34-3)28(19)35-4)36-22(25(24)30-37-26)13-23(33)31-11-10-17(32)14-31/h5-9,12,15,17,22,27,32H,10-11,13-14H2,1-4H3/t17-,22-,27-/m1/s1. The molecule has 1 amide bonds. The monoisotopic (exact) mass is 526 g/mol. The Labute approximate surface area is 221 Å². The van der Waals surface area contributed by atoms with Crippen LogP contribution in [-0.4, -0.2) is 54.5 Å². The minimum absolute atomic E-state index is 0.0489. The van der Waals surface area contributed by atoms with E-state index in [1.54, 1.807) is 19.1 Å². The molecule has 0 unspecified atom stereocenters. The lowest BCUT2D eigenvalue weighted by atomic mass is 9.90. The van der Waals surface area contributed by atoms with Crippen molar-refractivity contribution >= 4 is 17.5 Å². The number of methoxy groups -OCH3 is 2. The third-order valence-electron chi connectivity index (χ3n) is 7.03. The second-order valence-electron chi connectivity index (χ2n) is 9.77. The number of carbonyl (C=O) groups excluding carboxylic acids is 1. The molecule has 8 nitrogen and oxygen atoms in total. The van der Waals surface area contributed by atoms with Crippen molar-refractivity contribution in [3.8, 4) is 22.6 Å². The van der Waals surface area contributed by atoms with Crippen molar-refractivity contribution < 1.29 is 28.6 Å². The van der Waals surface area contributed by atoms with Crippen molar-refractivity contribution in [1.29, 1.82) is 0 Å². The van der Waals surface area contributed by atoms with E-state index in [1.165, 1.54) is 0 Å². The van der Waals surface area contributed by atoms with Gasteiger partial charge in [0.25, 0.3) is 0 Å². The van der Waals surface area contributed by atoms with Crippen molar-refractivity contribution in [1.82, 2.24) is 10.1 Å². The molecule has 2 aliphatic heterocycles. The molecule has 37 heavy (non-hydrogen) atoms. The second-order valence-corrected chi connectivity index (χ2v) is 10.2. The topological polar surface area (TPSA) is 94.3 Å². The Hall–Kier alpha value is -3.07. The molecule has 2 aromatic carbocycles. The zero-order chi connectivity index (χ0) is 26.3. The van der Waals surface area contributed by atoms with Crippen LogP contribution >= 0.6 is 11.6 Å². The van der Waals surface area contributed by atoms with Crippen molar-refractivity contribution in [2.24, 2.45) is 0 Å². The van der Waals surface area contributed by atoms with E-state index in [-0.39, 0.29) is 18.2 Å². The van der Waals surface area contributed by atoms with Crippen molar-refractivity contribution in [3.63, 3.8) is 0 Å². The van der Waals surface area contributed by atoms with E-state index in [2.05, 4.69) is 5.16 Å². The molecule has 0 saturated carbocycles. The predicted octanol–water partition coefficient (Wildman–Crippen LogP) is 5.28. The third kappa shape index (κ3) is 4.69. The zero-order valence-electron chi connectivity index (χ0n) is 21.4. The number of amides is 1. The van der Waals surface area contributed by atoms with Gasteiger partial charge in [0, 0.05) is 29.6 Å². The highest BCUT2D eigenvalue weighted by atomic mass is 35.5. The lowest BCUT2D eigenvalue weighted by Crippen LogP contribution is -2.31. The number of β-amino-alcohol motifs (C(OH)–C–C–N with tert-alkyl or cyclic N) is 1. The average molecular weight is 527 g/mol. The number of hydrogen-bond acceptors (Lipinski definition) is 7. The summed E-state index contributed by atoms with van der Waals surface area (Å²) in [6, 6.07) is 11.3. The molecule has 0 spiro atoms. The maximum atomic E-state index is 13.3. The first-order valence-corrected chi connectivity index (χ1v) is 12.8. The van der Waals surface area contributed by atoms with Gasteiger partial charge in [0.2, 0.25) is 5.91 Å². The maximum absolute atomic E-state index is 13.3. The number of carbonyl (C=O) groups is 1. The minimum atomic E-state index is -0.705. The molecular weight excluding hydrogens is 496 g/mol. The molecule has 1 aromatic heterocycles. The van der Waals surface area contributed by atoms with Gasteiger partial charge in [0.15, 0.2) is 11.5 Å². The van der Waals surface area contributed by atoms with Gasteiger partial charge in [-0.05, 0) is 35.7 Å². The fourth-order valence-electron chi connectivity index (χ4n) is 5.24. The highest BCUT2D eigenvalue weighted by Crippen LogP contribution is 2.50. The molecule has 1 saturated heterocycles. The first-order chi connectivity index (χ1) is 17.8. The summed E-state index contributed by atoms with van der Waals surface area (Å²) >= 11 is 6.50. The molecule has 1 N–H and O–H groups in total. The summed E-state index contributed by atoms with van der Waals surface area (Å²) in [5.41, 5.74) is 3.84. The molecule has 9 heteroatoms. The van der Waals surface area contributed by atoms with Crippen LogP contribution in [-0.2, 0) is 9.53 Å². The van der Waals surface area contributed by atoms with Gasteiger partial charge in [-0.2, -0.15) is 0 Å². The summed E-state index contributed by atoms with van der Waals surface area (Å²) in [7, 11) is 3.17. The molecular formula is C28H31ClN2O6. The van der Waals surface area contributed by atoms with E-state index in [9.17, 15) is 9.90 Å². The van der Waals surface area contributed by atoms with Gasteiger partial charge in [-0.3, -0.25) is 4.79 Å². The van der Waals surface area contributed by atoms with E-state index in [0.29, 0.717) is 41.7 Å². The predicted molar refractivity (Wildman–Crippen MR) is 138 cm³/mol. The largest absolute Gasteiger partial charge is 0.493 e. The summed E-state index contributed by atoms with van der Waals surface area (Å²) < 4.78 is 23.9. The zero-order valence-corrected chi connectivity index (χ0v) is 22.1. The van der Waals surface area contributed by atoms with E-state index in [4.69, 9.17) is 30.3 Å². The number of para-hydroxylation sites is 1. The smallest absolute Gasteiger partial charge is 0.225 e. The summed E-state index contributed by atoms with van der Waals surface area (Å²) in [4.78, 5) is 15.0. The summed E-state index contributed by atoms with van der Waals surface area (Å²) in [6.45, 7) is 4.91. The highest BCUT2D eigenvalue weighted by Gasteiger charge is 2.39. The van der Waals surface area contributed by atoms with Crippen molar-refractivity contribution in [2.75, 3.05) is 27.3 Å². The van der Waals surface area contributed by atoms with Gasteiger partial charge in [0.1, 0.15) is 23.7 Å². The Kier molecular flexibility index (Phi) is 7.16. The Morgan fingerprint density at radius 3 is 2.70 bits per heavy atom. The minimum Gasteiger partial charge on any atom is -0.493 e. The molecule has 3 aromatic rings. The van der Waals surface area contributed by atoms with Crippen LogP contribution in [0.5, 0.6) is 11.5 Å². The van der Waals surface area contributed by atoms with Gasteiger partial charge in [-0.25, -0.2) is 0 Å². The molecule has 3 atom stereocenters. The quantitative estimate of drug-likeness (QED) is 0.467. The summed E-state index contributed by atoms with van der Waals surface area (Å²) in [6.07, 6.45) is -1.22. The van der Waals surface area contributed by atoms with Gasteiger partial charge >= 0.3 is 0 Å². The van der Waals surface area contributed by atoms with Gasteiger partial charge in [0.05, 0.1) is 32.3 Å². The Morgan fingerprint density at radius 1 is 1.22 bits per heavy atom. The number of aliphatic hydroxyl groups excluding tert-OH is 1. The van der Waals surface area contributed by atoms with E-state index < -0.39 is 18.3 Å². The highest BCUT2D eigenvalue weighted by molar-refractivity contribution is 6.30. The van der Waals surface area contributed by atoms with Crippen LogP contribution < -0.4 is 9.47 Å². The van der Waals surface area contributed by atoms with Crippen LogP contribution in [0.4, 0.5) is 0 Å². The number of benzene rings is 2. The summed E-state index contributed by atoms with van der Waals surface area (Å²) in [5.74, 6) is 1.76. The van der Waals surface area contributed by atoms with Crippen LogP contribution in [0, 0.1) is 0 Å². The first-order valence-electron chi connectivity index (χ1n) is 12.4. The molecule has 2 aliphatic rings. The van der Waals surface area contributed by atoms with Gasteiger partial charge in [-0.1, -0.05) is 48.8 Å². The normalized spacial score (nSPS) is 20.9. The Bertz CT molecular complexity index is 1310. The molecule has 196 valence electrons. The van der Waals surface area contributed by atoms with E-state index in [1.807, 2.05) is 50.2 Å². The van der Waals surface area contributed by atoms with E-state index in [0.717, 1.165) is 28.0 Å². The van der Waals surface area contributed by atoms with E-state index >= 15 is 0 Å². The third-order valence-corrected chi connectivity index (χ3v) is 7.27. The average Bonchev–Trinajstić information content (AvgIpc) is 3.50. The molecule has 1 fully saturated rings. The number of ether oxygens (including phenoxy) is 3. The molecule has 0 bridgehead atoms. The van der Waals surface area contributed by atoms with Crippen molar-refractivity contribution in [3.05, 3.63) is 64.0 Å². The fourth-order valence-corrected chi connectivity index (χ4v) is 5.42. The molecule has 0 radical (unpaired) electrons. The fraction of sp³-hybridized carbons (Fsp3) is 0.429. The van der Waals surface area contributed by atoms with Crippen LogP contribution in [0.3, 0.4) is 0 Å². The Balaban J connectivity index is 1.68. The number of aromatic nitrogens is 1. The van der Waals surface area contributed by atoms with Crippen molar-refractivity contribution in [2.45, 2.75) is 50.9 Å². The van der Waals surface area contributed by atoms with Crippen LogP contribution in [0.2, 0.25) is 5.02 Å². The lowest BCUT2D eigenvalue weighted by Gasteiger charge is -2.26. The maximum Gasteiger partial charge on any atom is 0.225 e. The molecule has 3 heterocycles. The molecule has 0 aliphatic carbocycles. The number of rotatable bonds is 6. The number of aliphatic hydroxyl groups is 1. The van der Waals surface area contributed by atoms with Gasteiger partial charge in [-0.15, -0.1) is 0 Å².